The van der Waals surface area contributed by atoms with E-state index in [0.717, 1.165) is 49.9 Å². The van der Waals surface area contributed by atoms with Crippen molar-refractivity contribution in [1.82, 2.24) is 9.97 Å². The molecule has 3 heterocycles. The Kier molecular flexibility index (Phi) is 6.72. The zero-order valence-corrected chi connectivity index (χ0v) is 21.1. The van der Waals surface area contributed by atoms with E-state index in [9.17, 15) is 4.39 Å². The van der Waals surface area contributed by atoms with Gasteiger partial charge < -0.3 is 13.8 Å². The first-order valence-electron chi connectivity index (χ1n) is 11.0. The third-order valence-electron chi connectivity index (χ3n) is 5.56. The molecule has 0 saturated heterocycles. The molecule has 0 spiro atoms. The van der Waals surface area contributed by atoms with Gasteiger partial charge in [-0.15, -0.1) is 42.0 Å². The summed E-state index contributed by atoms with van der Waals surface area (Å²) in [6.07, 6.45) is 1.70. The summed E-state index contributed by atoms with van der Waals surface area (Å²) in [4.78, 5) is 8.70. The van der Waals surface area contributed by atoms with E-state index < -0.39 is 0 Å². The molecule has 0 saturated carbocycles. The van der Waals surface area contributed by atoms with Crippen LogP contribution in [0.4, 0.5) is 4.39 Å². The van der Waals surface area contributed by atoms with Gasteiger partial charge in [0.15, 0.2) is 0 Å². The normalized spacial score (nSPS) is 10.7. The van der Waals surface area contributed by atoms with Gasteiger partial charge in [-0.05, 0) is 35.3 Å². The molecule has 0 N–H and O–H groups in total. The molecule has 177 valence electrons. The second kappa shape index (κ2) is 10.2. The second-order valence-corrected chi connectivity index (χ2v) is 7.81. The predicted molar refractivity (Wildman–Crippen MR) is 134 cm³/mol. The van der Waals surface area contributed by atoms with Crippen LogP contribution in [-0.2, 0) is 20.1 Å². The average Bonchev–Trinajstić information content (AvgIpc) is 3.52. The molecule has 0 bridgehead atoms. The number of nitrogens with zero attached hydrogens (tertiary/aromatic N) is 2. The molecule has 0 aliphatic rings. The van der Waals surface area contributed by atoms with E-state index in [2.05, 4.69) is 22.1 Å². The van der Waals surface area contributed by atoms with Crippen LogP contribution in [-0.4, -0.2) is 9.97 Å². The molecule has 7 aromatic rings. The minimum atomic E-state index is -0.278. The average molecular weight is 649 g/mol. The maximum absolute atomic E-state index is 12.6. The molecule has 1 radical (unpaired) electrons. The summed E-state index contributed by atoms with van der Waals surface area (Å²) in [6, 6.07) is 35.5. The van der Waals surface area contributed by atoms with E-state index >= 15 is 0 Å². The van der Waals surface area contributed by atoms with Crippen LogP contribution in [0, 0.1) is 17.9 Å². The van der Waals surface area contributed by atoms with Crippen LogP contribution in [0.3, 0.4) is 0 Å². The summed E-state index contributed by atoms with van der Waals surface area (Å²) in [5.41, 5.74) is 5.74. The summed E-state index contributed by atoms with van der Waals surface area (Å²) in [6.45, 7) is 0. The van der Waals surface area contributed by atoms with E-state index in [1.165, 1.54) is 12.1 Å². The number of hydrogen-bond donors (Lipinski definition) is 0. The quantitative estimate of drug-likeness (QED) is 0.179. The summed E-state index contributed by atoms with van der Waals surface area (Å²) < 4.78 is 24.3. The van der Waals surface area contributed by atoms with Gasteiger partial charge in [0.1, 0.15) is 17.1 Å². The van der Waals surface area contributed by atoms with Crippen LogP contribution in [0.25, 0.3) is 55.7 Å². The van der Waals surface area contributed by atoms with Crippen molar-refractivity contribution >= 4 is 33.0 Å². The number of rotatable bonds is 2. The van der Waals surface area contributed by atoms with Gasteiger partial charge in [-0.2, -0.15) is 0 Å². The molecule has 4 aromatic carbocycles. The van der Waals surface area contributed by atoms with Crippen LogP contribution >= 0.6 is 0 Å². The minimum absolute atomic E-state index is 0. The Morgan fingerprint density at radius 1 is 0.722 bits per heavy atom. The monoisotopic (exact) mass is 649 g/mol. The number of aromatic nitrogens is 2. The molecule has 0 aliphatic carbocycles. The fourth-order valence-electron chi connectivity index (χ4n) is 3.95. The van der Waals surface area contributed by atoms with Crippen molar-refractivity contribution in [3.05, 3.63) is 121 Å². The van der Waals surface area contributed by atoms with Crippen LogP contribution in [0.2, 0.25) is 0 Å². The van der Waals surface area contributed by atoms with Crippen molar-refractivity contribution in [2.24, 2.45) is 0 Å². The number of pyridine rings is 1. The van der Waals surface area contributed by atoms with Gasteiger partial charge in [0.05, 0.1) is 11.1 Å². The van der Waals surface area contributed by atoms with Crippen LogP contribution in [0.15, 0.2) is 112 Å². The number of furan rings is 1. The molecule has 36 heavy (non-hydrogen) atoms. The standard InChI is InChI=1S/C19H10NO2.C11H7FN.Ir/c1-3-9-15-12(6-1)18-13(7-5-11-17(18)21-15)19-20-14-8-2-4-10-16(14)22-19;12-10-6-4-9(5-7-10)11-3-1-2-8-13-11;/h1-6,8-11H;1-4,6-8H;/q2*-1;. The number of halogens is 1. The first-order valence-corrected chi connectivity index (χ1v) is 11.0. The summed E-state index contributed by atoms with van der Waals surface area (Å²) >= 11 is 0. The van der Waals surface area contributed by atoms with Crippen molar-refractivity contribution in [1.29, 1.82) is 0 Å². The number of hydrogen-bond acceptors (Lipinski definition) is 4. The molecule has 0 aliphatic heterocycles. The third kappa shape index (κ3) is 4.57. The van der Waals surface area contributed by atoms with E-state index in [1.54, 1.807) is 12.3 Å². The molecule has 0 atom stereocenters. The van der Waals surface area contributed by atoms with Gasteiger partial charge in [-0.3, -0.25) is 9.37 Å². The van der Waals surface area contributed by atoms with E-state index in [-0.39, 0.29) is 25.9 Å². The van der Waals surface area contributed by atoms with Crippen molar-refractivity contribution in [3.63, 3.8) is 0 Å². The second-order valence-electron chi connectivity index (χ2n) is 7.81. The molecule has 0 fully saturated rings. The van der Waals surface area contributed by atoms with Gasteiger partial charge in [0.2, 0.25) is 0 Å². The van der Waals surface area contributed by atoms with Crippen molar-refractivity contribution < 1.29 is 33.3 Å². The van der Waals surface area contributed by atoms with Gasteiger partial charge >= 0.3 is 0 Å². The third-order valence-corrected chi connectivity index (χ3v) is 5.56. The number of benzene rings is 4. The molecule has 0 amide bonds. The van der Waals surface area contributed by atoms with Gasteiger partial charge in [0.25, 0.3) is 0 Å². The Labute approximate surface area is 219 Å². The fourth-order valence-corrected chi connectivity index (χ4v) is 3.95. The van der Waals surface area contributed by atoms with Gasteiger partial charge in [-0.1, -0.05) is 59.5 Å². The Hall–Kier alpha value is -4.12. The fraction of sp³-hybridized carbons (Fsp3) is 0. The van der Waals surface area contributed by atoms with Crippen molar-refractivity contribution in [2.75, 3.05) is 0 Å². The summed E-state index contributed by atoms with van der Waals surface area (Å²) in [7, 11) is 0. The van der Waals surface area contributed by atoms with E-state index in [4.69, 9.17) is 8.83 Å². The molecule has 4 nitrogen and oxygen atoms in total. The summed E-state index contributed by atoms with van der Waals surface area (Å²) in [5.74, 6) is 0.290. The zero-order valence-electron chi connectivity index (χ0n) is 18.7. The molecule has 0 unspecified atom stereocenters. The molecule has 6 heteroatoms. The van der Waals surface area contributed by atoms with Crippen LogP contribution in [0.5, 0.6) is 0 Å². The minimum Gasteiger partial charge on any atom is -0.481 e. The SMILES string of the molecule is Fc1c[c-]c(-c2ccccn2)cc1.[Ir].[c-]1ccc2oc3ccccc3c2c1-c1nc2ccccc2o1. The Balaban J connectivity index is 0.000000164. The van der Waals surface area contributed by atoms with Crippen molar-refractivity contribution in [3.8, 4) is 22.7 Å². The summed E-state index contributed by atoms with van der Waals surface area (Å²) in [5, 5.41) is 2.04. The van der Waals surface area contributed by atoms with Crippen LogP contribution < -0.4 is 0 Å². The van der Waals surface area contributed by atoms with Crippen LogP contribution in [0.1, 0.15) is 0 Å². The smallest absolute Gasteiger partial charge is 0.142 e. The molecule has 7 rings (SSSR count). The Morgan fingerprint density at radius 3 is 2.31 bits per heavy atom. The molecular weight excluding hydrogens is 632 g/mol. The number of fused-ring (bicyclic) bond motifs is 4. The molecule has 3 aromatic heterocycles. The van der Waals surface area contributed by atoms with Crippen molar-refractivity contribution in [2.45, 2.75) is 0 Å². The maximum Gasteiger partial charge on any atom is 0.142 e. The maximum atomic E-state index is 12.6. The molecular formula is C30H17FIrN2O2-2. The first kappa shape index (κ1) is 23.6. The zero-order chi connectivity index (χ0) is 23.6. The Morgan fingerprint density at radius 2 is 1.53 bits per heavy atom. The predicted octanol–water partition coefficient (Wildman–Crippen LogP) is 7.88. The Bertz CT molecular complexity index is 1730. The topological polar surface area (TPSA) is 52.1 Å². The van der Waals surface area contributed by atoms with Gasteiger partial charge in [-0.25, -0.2) is 0 Å². The van der Waals surface area contributed by atoms with E-state index in [1.807, 2.05) is 78.9 Å². The number of oxazole rings is 1. The van der Waals surface area contributed by atoms with E-state index in [0.29, 0.717) is 5.89 Å². The largest absolute Gasteiger partial charge is 0.481 e. The van der Waals surface area contributed by atoms with Gasteiger partial charge in [0, 0.05) is 32.1 Å². The number of para-hydroxylation sites is 3. The first-order chi connectivity index (χ1) is 17.3.